The van der Waals surface area contributed by atoms with Gasteiger partial charge in [-0.15, -0.1) is 24.8 Å². The molecule has 1 aliphatic rings. The van der Waals surface area contributed by atoms with E-state index in [0.29, 0.717) is 23.8 Å². The fraction of sp³-hybridized carbons (Fsp3) is 0.300. The van der Waals surface area contributed by atoms with Gasteiger partial charge in [-0.25, -0.2) is 0 Å². The van der Waals surface area contributed by atoms with Crippen molar-refractivity contribution in [1.29, 1.82) is 0 Å². The molecule has 0 atom stereocenters. The van der Waals surface area contributed by atoms with Gasteiger partial charge in [-0.2, -0.15) is 0 Å². The van der Waals surface area contributed by atoms with Crippen molar-refractivity contribution >= 4 is 59.6 Å². The van der Waals surface area contributed by atoms with Crippen LogP contribution in [0.4, 0.5) is 11.4 Å². The molecule has 6 nitrogen and oxygen atoms in total. The van der Waals surface area contributed by atoms with Gasteiger partial charge in [-0.1, -0.05) is 29.8 Å². The van der Waals surface area contributed by atoms with Crippen LogP contribution in [0.5, 0.6) is 0 Å². The van der Waals surface area contributed by atoms with Crippen molar-refractivity contribution in [3.05, 3.63) is 59.1 Å². The zero-order chi connectivity index (χ0) is 19.2. The summed E-state index contributed by atoms with van der Waals surface area (Å²) in [4.78, 5) is 28.4. The lowest BCUT2D eigenvalue weighted by Crippen LogP contribution is -2.51. The van der Waals surface area contributed by atoms with E-state index in [-0.39, 0.29) is 49.6 Å². The maximum atomic E-state index is 12.4. The van der Waals surface area contributed by atoms with Crippen LogP contribution in [0.1, 0.15) is 5.56 Å². The molecule has 2 aromatic rings. The molecule has 29 heavy (non-hydrogen) atoms. The number of hydrogen-bond donors (Lipinski definition) is 2. The number of nitrogen functional groups attached to an aromatic ring is 1. The minimum atomic E-state index is -0.175. The van der Waals surface area contributed by atoms with Crippen molar-refractivity contribution in [2.45, 2.75) is 6.42 Å². The number of amides is 2. The quantitative estimate of drug-likeness (QED) is 0.674. The molecule has 2 aromatic carbocycles. The molecule has 9 heteroatoms. The first-order chi connectivity index (χ1) is 13.0. The van der Waals surface area contributed by atoms with E-state index in [9.17, 15) is 9.59 Å². The summed E-state index contributed by atoms with van der Waals surface area (Å²) >= 11 is 6.04. The summed E-state index contributed by atoms with van der Waals surface area (Å²) in [5.41, 5.74) is 8.22. The van der Waals surface area contributed by atoms with E-state index < -0.39 is 0 Å². The van der Waals surface area contributed by atoms with Crippen LogP contribution in [0, 0.1) is 0 Å². The van der Waals surface area contributed by atoms with Crippen molar-refractivity contribution in [3.63, 3.8) is 0 Å². The van der Waals surface area contributed by atoms with Crippen molar-refractivity contribution in [1.82, 2.24) is 10.2 Å². The van der Waals surface area contributed by atoms with Crippen LogP contribution in [0.2, 0.25) is 5.02 Å². The molecular formula is C20H25Cl3N4O2. The highest BCUT2D eigenvalue weighted by Gasteiger charge is 2.21. The molecule has 2 amide bonds. The Kier molecular flexibility index (Phi) is 10.1. The molecular weight excluding hydrogens is 435 g/mol. The third-order valence-electron chi connectivity index (χ3n) is 4.59. The smallest absolute Gasteiger partial charge is 0.242 e. The van der Waals surface area contributed by atoms with E-state index in [4.69, 9.17) is 17.3 Å². The molecule has 0 spiro atoms. The van der Waals surface area contributed by atoms with Gasteiger partial charge in [0.1, 0.15) is 0 Å². The first-order valence-corrected chi connectivity index (χ1v) is 9.28. The van der Waals surface area contributed by atoms with E-state index >= 15 is 0 Å². The summed E-state index contributed by atoms with van der Waals surface area (Å²) in [6.45, 7) is 2.75. The Labute approximate surface area is 188 Å². The number of rotatable bonds is 5. The number of hydrogen-bond acceptors (Lipinski definition) is 4. The number of piperazine rings is 1. The maximum absolute atomic E-state index is 12.4. The second kappa shape index (κ2) is 11.8. The molecule has 0 aromatic heterocycles. The Morgan fingerprint density at radius 3 is 2.28 bits per heavy atom. The molecule has 3 rings (SSSR count). The summed E-state index contributed by atoms with van der Waals surface area (Å²) < 4.78 is 0. The Morgan fingerprint density at radius 2 is 1.66 bits per heavy atom. The van der Waals surface area contributed by atoms with Gasteiger partial charge in [0, 0.05) is 42.6 Å². The third-order valence-corrected chi connectivity index (χ3v) is 4.82. The average molecular weight is 460 g/mol. The van der Waals surface area contributed by atoms with Crippen LogP contribution in [0.15, 0.2) is 48.5 Å². The zero-order valence-corrected chi connectivity index (χ0v) is 18.2. The van der Waals surface area contributed by atoms with E-state index in [2.05, 4.69) is 10.2 Å². The predicted octanol–water partition coefficient (Wildman–Crippen LogP) is 2.77. The molecule has 1 fully saturated rings. The van der Waals surface area contributed by atoms with Crippen molar-refractivity contribution < 1.29 is 9.59 Å². The summed E-state index contributed by atoms with van der Waals surface area (Å²) in [6, 6.07) is 14.8. The molecule has 0 bridgehead atoms. The highest BCUT2D eigenvalue weighted by Crippen LogP contribution is 2.20. The molecule has 0 saturated carbocycles. The van der Waals surface area contributed by atoms with Crippen molar-refractivity contribution in [2.75, 3.05) is 43.4 Å². The number of benzene rings is 2. The normalized spacial score (nSPS) is 13.1. The lowest BCUT2D eigenvalue weighted by molar-refractivity contribution is -0.133. The fourth-order valence-electron chi connectivity index (χ4n) is 3.06. The minimum Gasteiger partial charge on any atom is -0.399 e. The number of nitrogens with zero attached hydrogens (tertiary/aromatic N) is 2. The Morgan fingerprint density at radius 1 is 1.00 bits per heavy atom. The first-order valence-electron chi connectivity index (χ1n) is 8.90. The largest absolute Gasteiger partial charge is 0.399 e. The summed E-state index contributed by atoms with van der Waals surface area (Å²) in [7, 11) is 0. The molecule has 1 aliphatic heterocycles. The number of halogens is 3. The van der Waals surface area contributed by atoms with Crippen LogP contribution in [0.25, 0.3) is 0 Å². The third kappa shape index (κ3) is 7.31. The number of nitrogens with two attached hydrogens (primary N) is 1. The maximum Gasteiger partial charge on any atom is 0.242 e. The number of carbonyl (C=O) groups excluding carboxylic acids is 2. The topological polar surface area (TPSA) is 78.7 Å². The molecule has 1 saturated heterocycles. The standard InChI is InChI=1S/C20H23ClN4O2.2ClH/c21-16-2-1-3-18(13-16)24-8-10-25(11-9-24)20(27)14-23-19(26)12-15-4-6-17(22)7-5-15;;/h1-7,13H,8-12,14,22H2,(H,23,26);2*1H. The van der Waals surface area contributed by atoms with E-state index in [1.807, 2.05) is 36.4 Å². The molecule has 158 valence electrons. The van der Waals surface area contributed by atoms with E-state index in [1.165, 1.54) is 0 Å². The number of nitrogens with one attached hydrogen (secondary N) is 1. The summed E-state index contributed by atoms with van der Waals surface area (Å²) in [5, 5.41) is 3.40. The van der Waals surface area contributed by atoms with E-state index in [1.54, 1.807) is 17.0 Å². The van der Waals surface area contributed by atoms with Gasteiger partial charge in [0.05, 0.1) is 13.0 Å². The average Bonchev–Trinajstić information content (AvgIpc) is 2.68. The van der Waals surface area contributed by atoms with Gasteiger partial charge in [0.15, 0.2) is 0 Å². The fourth-order valence-corrected chi connectivity index (χ4v) is 3.24. The van der Waals surface area contributed by atoms with E-state index in [0.717, 1.165) is 24.3 Å². The number of carbonyl (C=O) groups is 2. The van der Waals surface area contributed by atoms with Gasteiger partial charge in [-0.05, 0) is 35.9 Å². The highest BCUT2D eigenvalue weighted by molar-refractivity contribution is 6.30. The van der Waals surface area contributed by atoms with Crippen molar-refractivity contribution in [2.24, 2.45) is 0 Å². The number of anilines is 2. The second-order valence-electron chi connectivity index (χ2n) is 6.54. The molecule has 3 N–H and O–H groups in total. The summed E-state index contributed by atoms with van der Waals surface area (Å²) in [5.74, 6) is -0.239. The SMILES string of the molecule is Cl.Cl.Nc1ccc(CC(=O)NCC(=O)N2CCN(c3cccc(Cl)c3)CC2)cc1. The van der Waals surface area contributed by atoms with Crippen LogP contribution in [-0.4, -0.2) is 49.4 Å². The van der Waals surface area contributed by atoms with Gasteiger partial charge >= 0.3 is 0 Å². The van der Waals surface area contributed by atoms with Crippen LogP contribution >= 0.6 is 36.4 Å². The van der Waals surface area contributed by atoms with Gasteiger partial charge in [-0.3, -0.25) is 9.59 Å². The minimum absolute atomic E-state index is 0. The Hall–Kier alpha value is -2.15. The van der Waals surface area contributed by atoms with Crippen LogP contribution < -0.4 is 16.0 Å². The zero-order valence-electron chi connectivity index (χ0n) is 15.8. The molecule has 1 heterocycles. The van der Waals surface area contributed by atoms with Crippen LogP contribution in [0.3, 0.4) is 0 Å². The van der Waals surface area contributed by atoms with Gasteiger partial charge < -0.3 is 20.9 Å². The molecule has 0 aliphatic carbocycles. The highest BCUT2D eigenvalue weighted by atomic mass is 35.5. The van der Waals surface area contributed by atoms with Crippen LogP contribution in [-0.2, 0) is 16.0 Å². The molecule has 0 unspecified atom stereocenters. The lowest BCUT2D eigenvalue weighted by atomic mass is 10.1. The predicted molar refractivity (Wildman–Crippen MR) is 122 cm³/mol. The Bertz CT molecular complexity index is 810. The monoisotopic (exact) mass is 458 g/mol. The Balaban J connectivity index is 0.00000210. The van der Waals surface area contributed by atoms with Crippen molar-refractivity contribution in [3.8, 4) is 0 Å². The van der Waals surface area contributed by atoms with Gasteiger partial charge in [0.2, 0.25) is 11.8 Å². The molecule has 0 radical (unpaired) electrons. The lowest BCUT2D eigenvalue weighted by Gasteiger charge is -2.36. The second-order valence-corrected chi connectivity index (χ2v) is 6.98. The van der Waals surface area contributed by atoms with Gasteiger partial charge in [0.25, 0.3) is 0 Å². The summed E-state index contributed by atoms with van der Waals surface area (Å²) in [6.07, 6.45) is 0.232. The first kappa shape index (κ1) is 24.9.